The van der Waals surface area contributed by atoms with Gasteiger partial charge in [-0.3, -0.25) is 9.59 Å². The number of halogens is 2. The molecule has 3 N–H and O–H groups in total. The summed E-state index contributed by atoms with van der Waals surface area (Å²) in [6.45, 7) is 0. The van der Waals surface area contributed by atoms with Crippen molar-refractivity contribution in [1.29, 1.82) is 0 Å². The third-order valence-corrected chi connectivity index (χ3v) is 3.64. The molecule has 7 nitrogen and oxygen atoms in total. The fourth-order valence-corrected chi connectivity index (χ4v) is 2.45. The smallest absolute Gasteiger partial charge is 0.322 e. The third kappa shape index (κ3) is 3.96. The minimum atomic E-state index is -4.49. The number of rotatable bonds is 6. The number of nitrogens with one attached hydrogen (secondary N) is 1. The van der Waals surface area contributed by atoms with Gasteiger partial charge in [-0.1, -0.05) is 0 Å². The summed E-state index contributed by atoms with van der Waals surface area (Å²) in [4.78, 5) is 20.5. The van der Waals surface area contributed by atoms with Crippen molar-refractivity contribution in [1.82, 2.24) is 4.72 Å². The molecular weight excluding hydrogens is 300 g/mol. The molecule has 0 saturated carbocycles. The van der Waals surface area contributed by atoms with Gasteiger partial charge in [-0.05, 0) is 18.2 Å². The molecule has 0 bridgehead atoms. The van der Waals surface area contributed by atoms with Gasteiger partial charge in [0.05, 0.1) is 11.3 Å². The molecule has 0 aliphatic rings. The van der Waals surface area contributed by atoms with Gasteiger partial charge in [0, 0.05) is 0 Å². The minimum Gasteiger partial charge on any atom is -0.481 e. The Morgan fingerprint density at radius 3 is 2.25 bits per heavy atom. The summed E-state index contributed by atoms with van der Waals surface area (Å²) >= 11 is 0. The second-order valence-electron chi connectivity index (χ2n) is 3.69. The molecule has 20 heavy (non-hydrogen) atoms. The molecule has 0 aliphatic carbocycles. The Labute approximate surface area is 111 Å². The topological polar surface area (TPSA) is 121 Å². The summed E-state index contributed by atoms with van der Waals surface area (Å²) in [6.07, 6.45) is -1.00. The molecule has 0 unspecified atom stereocenters. The van der Waals surface area contributed by atoms with Gasteiger partial charge >= 0.3 is 11.9 Å². The number of sulfonamides is 1. The van der Waals surface area contributed by atoms with Gasteiger partial charge in [-0.15, -0.1) is 0 Å². The number of carboxylic acids is 2. The van der Waals surface area contributed by atoms with Crippen molar-refractivity contribution >= 4 is 22.0 Å². The van der Waals surface area contributed by atoms with Crippen LogP contribution in [0.3, 0.4) is 0 Å². The summed E-state index contributed by atoms with van der Waals surface area (Å²) in [6, 6.07) is -0.292. The maximum Gasteiger partial charge on any atom is 0.322 e. The zero-order chi connectivity index (χ0) is 15.5. The van der Waals surface area contributed by atoms with Crippen molar-refractivity contribution in [2.75, 3.05) is 0 Å². The lowest BCUT2D eigenvalue weighted by atomic mass is 10.2. The highest BCUT2D eigenvalue weighted by molar-refractivity contribution is 7.89. The third-order valence-electron chi connectivity index (χ3n) is 2.18. The molecule has 1 atom stereocenters. The summed E-state index contributed by atoms with van der Waals surface area (Å²) < 4.78 is 50.7. The van der Waals surface area contributed by atoms with Crippen molar-refractivity contribution in [2.24, 2.45) is 0 Å². The molecule has 0 fully saturated rings. The predicted octanol–water partition coefficient (Wildman–Crippen LogP) is 0.171. The molecular formula is C10H9F2NO6S. The van der Waals surface area contributed by atoms with Crippen molar-refractivity contribution < 1.29 is 37.0 Å². The SMILES string of the molecule is O=C(O)C[C@@H](NS(=O)(=O)c1ccc(F)c(F)c1)C(=O)O. The first kappa shape index (κ1) is 16.0. The Bertz CT molecular complexity index is 645. The Hall–Kier alpha value is -2.07. The van der Waals surface area contributed by atoms with Crippen LogP contribution in [0, 0.1) is 11.6 Å². The molecule has 0 radical (unpaired) electrons. The first-order valence-electron chi connectivity index (χ1n) is 5.05. The van der Waals surface area contributed by atoms with Crippen LogP contribution in [0.1, 0.15) is 6.42 Å². The van der Waals surface area contributed by atoms with Gasteiger partial charge in [0.15, 0.2) is 11.6 Å². The first-order chi connectivity index (χ1) is 9.13. The van der Waals surface area contributed by atoms with Gasteiger partial charge in [0.2, 0.25) is 10.0 Å². The van der Waals surface area contributed by atoms with Crippen LogP contribution in [0.2, 0.25) is 0 Å². The number of hydrogen-bond acceptors (Lipinski definition) is 4. The molecule has 1 rings (SSSR count). The average molecular weight is 309 g/mol. The molecule has 0 aliphatic heterocycles. The molecule has 0 spiro atoms. The number of carboxylic acid groups (broad SMARTS) is 2. The molecule has 110 valence electrons. The summed E-state index contributed by atoms with van der Waals surface area (Å²) in [5.74, 6) is -5.95. The highest BCUT2D eigenvalue weighted by Gasteiger charge is 2.28. The highest BCUT2D eigenvalue weighted by atomic mass is 32.2. The first-order valence-corrected chi connectivity index (χ1v) is 6.54. The molecule has 0 heterocycles. The van der Waals surface area contributed by atoms with E-state index in [4.69, 9.17) is 10.2 Å². The second kappa shape index (κ2) is 5.92. The fraction of sp³-hybridized carbons (Fsp3) is 0.200. The zero-order valence-electron chi connectivity index (χ0n) is 9.71. The van der Waals surface area contributed by atoms with Gasteiger partial charge < -0.3 is 10.2 Å². The van der Waals surface area contributed by atoms with E-state index < -0.39 is 51.0 Å². The molecule has 1 aromatic rings. The lowest BCUT2D eigenvalue weighted by molar-refractivity contribution is -0.145. The molecule has 0 saturated heterocycles. The van der Waals surface area contributed by atoms with E-state index in [1.54, 1.807) is 4.72 Å². The monoisotopic (exact) mass is 309 g/mol. The maximum absolute atomic E-state index is 12.9. The van der Waals surface area contributed by atoms with E-state index in [1.807, 2.05) is 0 Å². The Morgan fingerprint density at radius 1 is 1.20 bits per heavy atom. The van der Waals surface area contributed by atoms with Crippen LogP contribution in [0.15, 0.2) is 23.1 Å². The molecule has 1 aromatic carbocycles. The van der Waals surface area contributed by atoms with Gasteiger partial charge in [0.25, 0.3) is 0 Å². The van der Waals surface area contributed by atoms with Crippen LogP contribution in [-0.4, -0.2) is 36.6 Å². The Morgan fingerprint density at radius 2 is 1.80 bits per heavy atom. The van der Waals surface area contributed by atoms with Gasteiger partial charge in [-0.2, -0.15) is 4.72 Å². The Kier molecular flexibility index (Phi) is 4.73. The van der Waals surface area contributed by atoms with E-state index >= 15 is 0 Å². The van der Waals surface area contributed by atoms with E-state index in [1.165, 1.54) is 0 Å². The second-order valence-corrected chi connectivity index (χ2v) is 5.40. The summed E-state index contributed by atoms with van der Waals surface area (Å²) in [7, 11) is -4.49. The van der Waals surface area contributed by atoms with E-state index in [0.717, 1.165) is 6.07 Å². The molecule has 10 heteroatoms. The van der Waals surface area contributed by atoms with E-state index in [9.17, 15) is 26.8 Å². The van der Waals surface area contributed by atoms with Crippen LogP contribution in [-0.2, 0) is 19.6 Å². The predicted molar refractivity (Wildman–Crippen MR) is 60.4 cm³/mol. The summed E-state index contributed by atoms with van der Waals surface area (Å²) in [5.41, 5.74) is 0. The van der Waals surface area contributed by atoms with E-state index in [2.05, 4.69) is 0 Å². The standard InChI is InChI=1S/C10H9F2NO6S/c11-6-2-1-5(3-7(6)12)20(18,19)13-8(10(16)17)4-9(14)15/h1-3,8,13H,4H2,(H,14,15)(H,16,17)/t8-/m1/s1. The maximum atomic E-state index is 12.9. The molecule has 0 aromatic heterocycles. The van der Waals surface area contributed by atoms with Crippen LogP contribution < -0.4 is 4.72 Å². The summed E-state index contributed by atoms with van der Waals surface area (Å²) in [5, 5.41) is 17.2. The minimum absolute atomic E-state index is 0.358. The quantitative estimate of drug-likeness (QED) is 0.689. The number of aliphatic carboxylic acids is 2. The van der Waals surface area contributed by atoms with Crippen molar-refractivity contribution in [3.63, 3.8) is 0 Å². The zero-order valence-corrected chi connectivity index (χ0v) is 10.5. The van der Waals surface area contributed by atoms with Gasteiger partial charge in [0.1, 0.15) is 6.04 Å². The normalized spacial score (nSPS) is 12.9. The largest absolute Gasteiger partial charge is 0.481 e. The van der Waals surface area contributed by atoms with Crippen molar-refractivity contribution in [3.8, 4) is 0 Å². The lowest BCUT2D eigenvalue weighted by Crippen LogP contribution is -2.42. The Balaban J connectivity index is 3.06. The lowest BCUT2D eigenvalue weighted by Gasteiger charge is -2.13. The van der Waals surface area contributed by atoms with E-state index in [-0.39, 0.29) is 0 Å². The molecule has 0 amide bonds. The number of benzene rings is 1. The van der Waals surface area contributed by atoms with Crippen LogP contribution >= 0.6 is 0 Å². The van der Waals surface area contributed by atoms with Crippen molar-refractivity contribution in [2.45, 2.75) is 17.4 Å². The van der Waals surface area contributed by atoms with E-state index in [0.29, 0.717) is 12.1 Å². The van der Waals surface area contributed by atoms with Crippen LogP contribution in [0.4, 0.5) is 8.78 Å². The highest BCUT2D eigenvalue weighted by Crippen LogP contribution is 2.14. The van der Waals surface area contributed by atoms with Crippen LogP contribution in [0.5, 0.6) is 0 Å². The fourth-order valence-electron chi connectivity index (χ4n) is 1.25. The number of carbonyl (C=O) groups is 2. The number of hydrogen-bond donors (Lipinski definition) is 3. The van der Waals surface area contributed by atoms with Gasteiger partial charge in [-0.25, -0.2) is 17.2 Å². The average Bonchev–Trinajstić information content (AvgIpc) is 2.30. The van der Waals surface area contributed by atoms with Crippen LogP contribution in [0.25, 0.3) is 0 Å². The van der Waals surface area contributed by atoms with Crippen molar-refractivity contribution in [3.05, 3.63) is 29.8 Å².